The maximum atomic E-state index is 12.3. The van der Waals surface area contributed by atoms with Gasteiger partial charge in [0.2, 0.25) is 5.91 Å². The van der Waals surface area contributed by atoms with Crippen LogP contribution in [0.2, 0.25) is 0 Å². The molecule has 0 bridgehead atoms. The molecule has 0 spiro atoms. The molecule has 3 rings (SSSR count). The highest BCUT2D eigenvalue weighted by molar-refractivity contribution is 7.07. The predicted octanol–water partition coefficient (Wildman–Crippen LogP) is 1.31. The van der Waals surface area contributed by atoms with Gasteiger partial charge in [0.15, 0.2) is 0 Å². The Kier molecular flexibility index (Phi) is 4.42. The molecule has 122 valence electrons. The molecule has 1 N–H and O–H groups in total. The van der Waals surface area contributed by atoms with Crippen LogP contribution in [-0.2, 0) is 11.3 Å². The van der Waals surface area contributed by atoms with E-state index in [9.17, 15) is 9.59 Å². The molecule has 0 fully saturated rings. The molecule has 0 saturated heterocycles. The zero-order chi connectivity index (χ0) is 16.4. The third-order valence-corrected chi connectivity index (χ3v) is 4.44. The summed E-state index contributed by atoms with van der Waals surface area (Å²) in [7, 11) is 0. The summed E-state index contributed by atoms with van der Waals surface area (Å²) in [6, 6.07) is 1.84. The number of hydrogen-bond donors (Lipinski definition) is 1. The molecule has 0 radical (unpaired) electrons. The van der Waals surface area contributed by atoms with Crippen molar-refractivity contribution in [2.24, 2.45) is 5.92 Å². The highest BCUT2D eigenvalue weighted by Gasteiger charge is 2.29. The van der Waals surface area contributed by atoms with Gasteiger partial charge >= 0.3 is 0 Å². The molecule has 1 aliphatic rings. The Morgan fingerprint density at radius 2 is 2.30 bits per heavy atom. The Bertz CT molecular complexity index is 695. The van der Waals surface area contributed by atoms with Crippen molar-refractivity contribution >= 4 is 23.2 Å². The summed E-state index contributed by atoms with van der Waals surface area (Å²) in [6.45, 7) is 5.31. The zero-order valence-corrected chi connectivity index (χ0v) is 13.9. The summed E-state index contributed by atoms with van der Waals surface area (Å²) in [5.41, 5.74) is 3.03. The number of hydrogen-bond acceptors (Lipinski definition) is 5. The Labute approximate surface area is 138 Å². The minimum atomic E-state index is -0.202. The van der Waals surface area contributed by atoms with E-state index >= 15 is 0 Å². The summed E-state index contributed by atoms with van der Waals surface area (Å²) < 4.78 is 1.89. The average Bonchev–Trinajstić information content (AvgIpc) is 3.21. The van der Waals surface area contributed by atoms with E-state index < -0.39 is 0 Å². The van der Waals surface area contributed by atoms with Gasteiger partial charge in [-0.15, -0.1) is 11.3 Å². The van der Waals surface area contributed by atoms with Crippen molar-refractivity contribution in [2.75, 3.05) is 13.1 Å². The normalized spacial score (nSPS) is 17.2. The lowest BCUT2D eigenvalue weighted by Gasteiger charge is -2.35. The van der Waals surface area contributed by atoms with Crippen LogP contribution in [-0.4, -0.2) is 44.6 Å². The summed E-state index contributed by atoms with van der Waals surface area (Å²) in [5, 5.41) is 8.92. The number of rotatable bonds is 4. The number of nitrogens with one attached hydrogen (secondary N) is 1. The SMILES string of the molecule is CC(C)C(=O)N1Cc2ccnn2C(CNC(=O)c2cscn2)C1. The first-order valence-electron chi connectivity index (χ1n) is 7.54. The Hall–Kier alpha value is -2.22. The van der Waals surface area contributed by atoms with E-state index in [1.807, 2.05) is 29.5 Å². The van der Waals surface area contributed by atoms with Crippen molar-refractivity contribution in [3.63, 3.8) is 0 Å². The monoisotopic (exact) mass is 333 g/mol. The number of amides is 2. The number of aromatic nitrogens is 3. The largest absolute Gasteiger partial charge is 0.348 e. The van der Waals surface area contributed by atoms with Crippen LogP contribution in [0.15, 0.2) is 23.2 Å². The summed E-state index contributed by atoms with van der Waals surface area (Å²) >= 11 is 1.38. The van der Waals surface area contributed by atoms with Crippen molar-refractivity contribution in [1.82, 2.24) is 25.0 Å². The van der Waals surface area contributed by atoms with Crippen molar-refractivity contribution in [1.29, 1.82) is 0 Å². The molecule has 1 aliphatic heterocycles. The van der Waals surface area contributed by atoms with E-state index in [-0.39, 0.29) is 23.8 Å². The minimum absolute atomic E-state index is 0.0466. The van der Waals surface area contributed by atoms with Gasteiger partial charge in [0.1, 0.15) is 5.69 Å². The Morgan fingerprint density at radius 3 is 3.00 bits per heavy atom. The number of nitrogens with zero attached hydrogens (tertiary/aromatic N) is 4. The number of thiazole rings is 1. The van der Waals surface area contributed by atoms with Crippen LogP contribution in [0.4, 0.5) is 0 Å². The van der Waals surface area contributed by atoms with Gasteiger partial charge in [0, 0.05) is 30.6 Å². The van der Waals surface area contributed by atoms with E-state index in [0.29, 0.717) is 25.3 Å². The van der Waals surface area contributed by atoms with Crippen LogP contribution in [0.5, 0.6) is 0 Å². The van der Waals surface area contributed by atoms with Gasteiger partial charge in [0.05, 0.1) is 23.8 Å². The van der Waals surface area contributed by atoms with E-state index in [0.717, 1.165) is 5.69 Å². The molecule has 0 aromatic carbocycles. The highest BCUT2D eigenvalue weighted by Crippen LogP contribution is 2.21. The van der Waals surface area contributed by atoms with Crippen molar-refractivity contribution in [3.8, 4) is 0 Å². The molecule has 1 atom stereocenters. The summed E-state index contributed by atoms with van der Waals surface area (Å²) in [5.74, 6) is -0.129. The van der Waals surface area contributed by atoms with E-state index in [4.69, 9.17) is 0 Å². The maximum absolute atomic E-state index is 12.3. The second-order valence-corrected chi connectivity index (χ2v) is 6.60. The fourth-order valence-corrected chi connectivity index (χ4v) is 3.23. The Balaban J connectivity index is 1.70. The third-order valence-electron chi connectivity index (χ3n) is 3.85. The van der Waals surface area contributed by atoms with Gasteiger partial charge in [-0.3, -0.25) is 14.3 Å². The average molecular weight is 333 g/mol. The lowest BCUT2D eigenvalue weighted by molar-refractivity contribution is -0.136. The van der Waals surface area contributed by atoms with Crippen molar-refractivity contribution in [3.05, 3.63) is 34.5 Å². The molecule has 7 nitrogen and oxygen atoms in total. The first-order chi connectivity index (χ1) is 11.1. The van der Waals surface area contributed by atoms with Crippen LogP contribution < -0.4 is 5.32 Å². The summed E-state index contributed by atoms with van der Waals surface area (Å²) in [6.07, 6.45) is 1.73. The molecular weight excluding hydrogens is 314 g/mol. The molecule has 1 unspecified atom stereocenters. The van der Waals surface area contributed by atoms with E-state index in [1.54, 1.807) is 17.1 Å². The van der Waals surface area contributed by atoms with Crippen LogP contribution in [0.1, 0.15) is 36.1 Å². The number of carbonyl (C=O) groups is 2. The fraction of sp³-hybridized carbons (Fsp3) is 0.467. The van der Waals surface area contributed by atoms with Gasteiger partial charge in [-0.2, -0.15) is 5.10 Å². The third kappa shape index (κ3) is 3.26. The van der Waals surface area contributed by atoms with E-state index in [1.165, 1.54) is 11.3 Å². The first kappa shape index (κ1) is 15.7. The minimum Gasteiger partial charge on any atom is -0.348 e. The van der Waals surface area contributed by atoms with Crippen molar-refractivity contribution < 1.29 is 9.59 Å². The smallest absolute Gasteiger partial charge is 0.270 e. The van der Waals surface area contributed by atoms with Gasteiger partial charge in [0.25, 0.3) is 5.91 Å². The zero-order valence-electron chi connectivity index (χ0n) is 13.1. The van der Waals surface area contributed by atoms with Gasteiger partial charge in [-0.05, 0) is 6.07 Å². The molecule has 2 amide bonds. The molecule has 8 heteroatoms. The van der Waals surface area contributed by atoms with E-state index in [2.05, 4.69) is 15.4 Å². The molecule has 3 heterocycles. The highest BCUT2D eigenvalue weighted by atomic mass is 32.1. The molecule has 0 aliphatic carbocycles. The molecule has 2 aromatic rings. The molecular formula is C15H19N5O2S. The number of carbonyl (C=O) groups excluding carboxylic acids is 2. The van der Waals surface area contributed by atoms with Gasteiger partial charge < -0.3 is 10.2 Å². The van der Waals surface area contributed by atoms with Gasteiger partial charge in [-0.25, -0.2) is 4.98 Å². The predicted molar refractivity (Wildman–Crippen MR) is 86.0 cm³/mol. The van der Waals surface area contributed by atoms with Gasteiger partial charge in [-0.1, -0.05) is 13.8 Å². The topological polar surface area (TPSA) is 80.1 Å². The lowest BCUT2D eigenvalue weighted by atomic mass is 10.1. The van der Waals surface area contributed by atoms with Crippen LogP contribution >= 0.6 is 11.3 Å². The molecule has 23 heavy (non-hydrogen) atoms. The van der Waals surface area contributed by atoms with Crippen LogP contribution in [0.3, 0.4) is 0 Å². The second-order valence-electron chi connectivity index (χ2n) is 5.88. The maximum Gasteiger partial charge on any atom is 0.270 e. The fourth-order valence-electron chi connectivity index (χ4n) is 2.70. The standard InChI is InChI=1S/C15H19N5O2S/c1-10(2)15(22)19-6-11-3-4-18-20(11)12(7-19)5-16-14(21)13-8-23-9-17-13/h3-4,8-10,12H,5-7H2,1-2H3,(H,16,21). The second kappa shape index (κ2) is 6.49. The van der Waals surface area contributed by atoms with Crippen LogP contribution in [0.25, 0.3) is 0 Å². The van der Waals surface area contributed by atoms with Crippen LogP contribution in [0, 0.1) is 5.92 Å². The molecule has 2 aromatic heterocycles. The van der Waals surface area contributed by atoms with Crippen molar-refractivity contribution in [2.45, 2.75) is 26.4 Å². The molecule has 0 saturated carbocycles. The first-order valence-corrected chi connectivity index (χ1v) is 8.48. The Morgan fingerprint density at radius 1 is 1.48 bits per heavy atom. The number of fused-ring (bicyclic) bond motifs is 1. The quantitative estimate of drug-likeness (QED) is 0.915. The summed E-state index contributed by atoms with van der Waals surface area (Å²) in [4.78, 5) is 30.2. The lowest BCUT2D eigenvalue weighted by Crippen LogP contribution is -2.46.